The van der Waals surface area contributed by atoms with Crippen LogP contribution in [-0.2, 0) is 20.1 Å². The zero-order valence-corrected chi connectivity index (χ0v) is 33.1. The third-order valence-corrected chi connectivity index (χ3v) is 11.2. The van der Waals surface area contributed by atoms with Crippen molar-refractivity contribution in [3.63, 3.8) is 0 Å². The van der Waals surface area contributed by atoms with Crippen LogP contribution in [0.2, 0.25) is 19.6 Å². The van der Waals surface area contributed by atoms with Gasteiger partial charge >= 0.3 is 0 Å². The molecule has 49 heavy (non-hydrogen) atoms. The van der Waals surface area contributed by atoms with Crippen molar-refractivity contribution in [2.45, 2.75) is 60.2 Å². The first kappa shape index (κ1) is 36.1. The standard InChI is InChI=1S/C24H16NO.C20H28NSi.Ir/c1-16-12-13-25-22(14-16)20-9-5-8-19-21-15-18(17-6-3-2-4-7-17)10-11-23(21)26-24(19)20;1-14(2)16(4)18-12-19(17-10-8-9-15(3)11-17)21-13-20(18)22(5,6)7;/h2-8,10-15H,1H3;8-9,11-14,16H,1-7H3;/q2*-1;. The number of nitrogens with zero attached hydrogens (tertiary/aromatic N) is 2. The quantitative estimate of drug-likeness (QED) is 0.124. The number of fused-ring (bicyclic) bond motifs is 3. The van der Waals surface area contributed by atoms with Crippen LogP contribution >= 0.6 is 0 Å². The van der Waals surface area contributed by atoms with E-state index in [1.54, 1.807) is 0 Å². The SMILES string of the molecule is Cc1cc[c-]c(-c2cc(C(C)C(C)C)c([Si](C)(C)C)cn2)c1.Cc1ccnc(-c2[c-]ccc3c2oc2ccc(-c4ccccc4)cc23)c1.[Ir]. The van der Waals surface area contributed by atoms with Crippen LogP contribution in [0.15, 0.2) is 114 Å². The van der Waals surface area contributed by atoms with Gasteiger partial charge in [0, 0.05) is 37.9 Å². The molecule has 3 aromatic heterocycles. The summed E-state index contributed by atoms with van der Waals surface area (Å²) >= 11 is 0. The summed E-state index contributed by atoms with van der Waals surface area (Å²) in [6, 6.07) is 40.0. The van der Waals surface area contributed by atoms with E-state index in [9.17, 15) is 0 Å². The molecule has 0 N–H and O–H groups in total. The number of aryl methyl sites for hydroxylation is 2. The molecule has 3 nitrogen and oxygen atoms in total. The number of benzene rings is 4. The van der Waals surface area contributed by atoms with Crippen LogP contribution in [0.5, 0.6) is 0 Å². The summed E-state index contributed by atoms with van der Waals surface area (Å²) in [4.78, 5) is 9.27. The molecule has 1 unspecified atom stereocenters. The van der Waals surface area contributed by atoms with Crippen molar-refractivity contribution in [3.05, 3.63) is 138 Å². The van der Waals surface area contributed by atoms with Crippen LogP contribution in [-0.4, -0.2) is 18.0 Å². The molecule has 251 valence electrons. The predicted molar refractivity (Wildman–Crippen MR) is 205 cm³/mol. The fourth-order valence-corrected chi connectivity index (χ4v) is 7.74. The molecule has 3 heterocycles. The summed E-state index contributed by atoms with van der Waals surface area (Å²) in [5.41, 5.74) is 11.9. The Morgan fingerprint density at radius 2 is 1.43 bits per heavy atom. The second kappa shape index (κ2) is 15.2. The summed E-state index contributed by atoms with van der Waals surface area (Å²) in [6.45, 7) is 18.3. The molecule has 1 atom stereocenters. The monoisotopic (exact) mass is 837 g/mol. The van der Waals surface area contributed by atoms with Crippen molar-refractivity contribution in [2.24, 2.45) is 5.92 Å². The first-order valence-corrected chi connectivity index (χ1v) is 20.3. The second-order valence-electron chi connectivity index (χ2n) is 14.2. The van der Waals surface area contributed by atoms with Crippen LogP contribution in [0, 0.1) is 31.9 Å². The van der Waals surface area contributed by atoms with Crippen molar-refractivity contribution < 1.29 is 24.5 Å². The number of hydrogen-bond donors (Lipinski definition) is 0. The molecular formula is C44H44IrN2OSi-2. The van der Waals surface area contributed by atoms with Gasteiger partial charge in [-0.05, 0) is 64.7 Å². The van der Waals surface area contributed by atoms with Gasteiger partial charge in [-0.25, -0.2) is 0 Å². The average molecular weight is 837 g/mol. The molecule has 0 fully saturated rings. The van der Waals surface area contributed by atoms with E-state index >= 15 is 0 Å². The van der Waals surface area contributed by atoms with Gasteiger partial charge < -0.3 is 14.4 Å². The van der Waals surface area contributed by atoms with E-state index in [-0.39, 0.29) is 20.1 Å². The Labute approximate surface area is 306 Å². The van der Waals surface area contributed by atoms with Crippen LogP contribution in [0.25, 0.3) is 55.6 Å². The van der Waals surface area contributed by atoms with E-state index in [1.165, 1.54) is 33.0 Å². The Bertz CT molecular complexity index is 2200. The smallest absolute Gasteiger partial charge is 0.120 e. The molecular weight excluding hydrogens is 793 g/mol. The minimum Gasteiger partial charge on any atom is -0.501 e. The third kappa shape index (κ3) is 8.02. The van der Waals surface area contributed by atoms with Gasteiger partial charge in [-0.3, -0.25) is 0 Å². The van der Waals surface area contributed by atoms with Gasteiger partial charge in [-0.2, -0.15) is 0 Å². The maximum absolute atomic E-state index is 6.20. The molecule has 1 radical (unpaired) electrons. The topological polar surface area (TPSA) is 38.9 Å². The van der Waals surface area contributed by atoms with Gasteiger partial charge in [-0.1, -0.05) is 118 Å². The zero-order chi connectivity index (χ0) is 34.0. The van der Waals surface area contributed by atoms with Crippen LogP contribution < -0.4 is 5.19 Å². The summed E-state index contributed by atoms with van der Waals surface area (Å²) < 4.78 is 6.20. The Hall–Kier alpha value is -4.15. The zero-order valence-electron chi connectivity index (χ0n) is 29.7. The van der Waals surface area contributed by atoms with E-state index < -0.39 is 8.07 Å². The fourth-order valence-electron chi connectivity index (χ4n) is 6.12. The molecule has 0 bridgehead atoms. The van der Waals surface area contributed by atoms with Gasteiger partial charge in [0.05, 0.1) is 13.7 Å². The number of pyridine rings is 2. The number of hydrogen-bond acceptors (Lipinski definition) is 3. The Balaban J connectivity index is 0.000000190. The molecule has 0 amide bonds. The van der Waals surface area contributed by atoms with Crippen molar-refractivity contribution in [1.29, 1.82) is 0 Å². The molecule has 0 aliphatic carbocycles. The van der Waals surface area contributed by atoms with Crippen LogP contribution in [0.1, 0.15) is 43.4 Å². The summed E-state index contributed by atoms with van der Waals surface area (Å²) in [5.74, 6) is 1.18. The number of furan rings is 1. The average Bonchev–Trinajstić information content (AvgIpc) is 3.46. The molecule has 7 rings (SSSR count). The van der Waals surface area contributed by atoms with E-state index in [4.69, 9.17) is 9.40 Å². The first-order chi connectivity index (χ1) is 23.0. The molecule has 7 aromatic rings. The van der Waals surface area contributed by atoms with Gasteiger partial charge in [-0.15, -0.1) is 53.6 Å². The van der Waals surface area contributed by atoms with Crippen molar-refractivity contribution in [2.75, 3.05) is 0 Å². The molecule has 0 saturated carbocycles. The maximum Gasteiger partial charge on any atom is 0.120 e. The van der Waals surface area contributed by atoms with E-state index in [0.717, 1.165) is 44.5 Å². The fraction of sp³-hybridized carbons (Fsp3) is 0.227. The van der Waals surface area contributed by atoms with Crippen LogP contribution in [0.3, 0.4) is 0 Å². The molecule has 0 saturated heterocycles. The maximum atomic E-state index is 6.20. The summed E-state index contributed by atoms with van der Waals surface area (Å²) in [7, 11) is -1.39. The van der Waals surface area contributed by atoms with Crippen molar-refractivity contribution in [3.8, 4) is 33.6 Å². The molecule has 0 spiro atoms. The minimum atomic E-state index is -1.39. The normalized spacial score (nSPS) is 12.0. The molecule has 5 heteroatoms. The minimum absolute atomic E-state index is 0. The van der Waals surface area contributed by atoms with Crippen molar-refractivity contribution >= 4 is 35.2 Å². The van der Waals surface area contributed by atoms with E-state index in [2.05, 4.69) is 144 Å². The van der Waals surface area contributed by atoms with Gasteiger partial charge in [0.25, 0.3) is 0 Å². The van der Waals surface area contributed by atoms with Crippen molar-refractivity contribution in [1.82, 2.24) is 9.97 Å². The Morgan fingerprint density at radius 3 is 2.12 bits per heavy atom. The molecule has 4 aromatic carbocycles. The van der Waals surface area contributed by atoms with Gasteiger partial charge in [0.1, 0.15) is 5.58 Å². The van der Waals surface area contributed by atoms with E-state index in [1.807, 2.05) is 36.5 Å². The Morgan fingerprint density at radius 1 is 0.694 bits per heavy atom. The van der Waals surface area contributed by atoms with Gasteiger partial charge in [0.15, 0.2) is 0 Å². The van der Waals surface area contributed by atoms with Gasteiger partial charge in [0.2, 0.25) is 0 Å². The predicted octanol–water partition coefficient (Wildman–Crippen LogP) is 11.6. The number of aromatic nitrogens is 2. The number of rotatable bonds is 6. The largest absolute Gasteiger partial charge is 0.501 e. The van der Waals surface area contributed by atoms with E-state index in [0.29, 0.717) is 11.8 Å². The Kier molecular flexibility index (Phi) is 11.2. The molecule has 0 aliphatic rings. The second-order valence-corrected chi connectivity index (χ2v) is 19.3. The summed E-state index contributed by atoms with van der Waals surface area (Å²) in [6.07, 6.45) is 3.96. The first-order valence-electron chi connectivity index (χ1n) is 16.8. The summed E-state index contributed by atoms with van der Waals surface area (Å²) in [5, 5.41) is 3.70. The molecule has 0 aliphatic heterocycles. The van der Waals surface area contributed by atoms with Crippen LogP contribution in [0.4, 0.5) is 0 Å². The third-order valence-electron chi connectivity index (χ3n) is 9.18.